The number of nitrogens with one attached hydrogen (secondary N) is 1. The van der Waals surface area contributed by atoms with Crippen LogP contribution in [-0.4, -0.2) is 33.2 Å². The first-order chi connectivity index (χ1) is 15.3. The smallest absolute Gasteiger partial charge is 0.265 e. The molecular weight excluding hydrogens is 468 g/mol. The molecule has 0 saturated carbocycles. The average Bonchev–Trinajstić information content (AvgIpc) is 2.95. The minimum Gasteiger partial charge on any atom is -0.478 e. The lowest BCUT2D eigenvalue weighted by Crippen LogP contribution is -2.36. The summed E-state index contributed by atoms with van der Waals surface area (Å²) in [5.41, 5.74) is 0.992. The second-order valence-electron chi connectivity index (χ2n) is 7.24. The molecule has 0 spiro atoms. The Morgan fingerprint density at radius 1 is 1.09 bits per heavy atom. The number of halogens is 1. The fourth-order valence-corrected chi connectivity index (χ4v) is 5.40. The number of sulfonamides is 1. The summed E-state index contributed by atoms with van der Waals surface area (Å²) in [6.07, 6.45) is 0.449. The van der Waals surface area contributed by atoms with Crippen molar-refractivity contribution in [2.24, 2.45) is 0 Å². The summed E-state index contributed by atoms with van der Waals surface area (Å²) >= 11 is 7.62. The van der Waals surface area contributed by atoms with Gasteiger partial charge in [0.15, 0.2) is 6.10 Å². The molecule has 0 bridgehead atoms. The fourth-order valence-electron chi connectivity index (χ4n) is 3.37. The molecule has 0 aromatic heterocycles. The van der Waals surface area contributed by atoms with Crippen LogP contribution in [0.3, 0.4) is 0 Å². The number of nitrogens with zero attached hydrogens (tertiary/aromatic N) is 1. The minimum absolute atomic E-state index is 0.102. The van der Waals surface area contributed by atoms with E-state index in [0.29, 0.717) is 22.1 Å². The van der Waals surface area contributed by atoms with Crippen molar-refractivity contribution in [1.29, 1.82) is 0 Å². The predicted octanol–water partition coefficient (Wildman–Crippen LogP) is 5.05. The van der Waals surface area contributed by atoms with Gasteiger partial charge in [-0.25, -0.2) is 8.42 Å². The molecule has 4 rings (SSSR count). The van der Waals surface area contributed by atoms with E-state index in [1.807, 2.05) is 54.6 Å². The predicted molar refractivity (Wildman–Crippen MR) is 128 cm³/mol. The zero-order chi connectivity index (χ0) is 22.7. The molecule has 32 heavy (non-hydrogen) atoms. The van der Waals surface area contributed by atoms with Crippen LogP contribution >= 0.6 is 23.4 Å². The van der Waals surface area contributed by atoms with Crippen LogP contribution < -0.4 is 14.4 Å². The highest BCUT2D eigenvalue weighted by molar-refractivity contribution is 7.99. The fraction of sp³-hybridized carbons (Fsp3) is 0.174. The Hall–Kier alpha value is -2.68. The third-order valence-corrected chi connectivity index (χ3v) is 7.36. The van der Waals surface area contributed by atoms with Crippen LogP contribution in [0.5, 0.6) is 5.75 Å². The van der Waals surface area contributed by atoms with Gasteiger partial charge in [-0.2, -0.15) is 0 Å². The first-order valence-corrected chi connectivity index (χ1v) is 12.9. The lowest BCUT2D eigenvalue weighted by Gasteiger charge is -2.21. The number of benzene rings is 3. The maximum Gasteiger partial charge on any atom is 0.265 e. The van der Waals surface area contributed by atoms with Gasteiger partial charge in [-0.3, -0.25) is 9.10 Å². The number of hydrogen-bond donors (Lipinski definition) is 1. The van der Waals surface area contributed by atoms with Crippen LogP contribution in [0.15, 0.2) is 82.6 Å². The van der Waals surface area contributed by atoms with Crippen LogP contribution in [0.4, 0.5) is 11.4 Å². The lowest BCUT2D eigenvalue weighted by atomic mass is 10.2. The molecule has 9 heteroatoms. The topological polar surface area (TPSA) is 75.7 Å². The van der Waals surface area contributed by atoms with Crippen molar-refractivity contribution in [3.63, 3.8) is 0 Å². The number of carbonyl (C=O) groups excluding carboxylic acids is 1. The maximum atomic E-state index is 13.1. The number of para-hydroxylation sites is 1. The largest absolute Gasteiger partial charge is 0.478 e. The van der Waals surface area contributed by atoms with Crippen molar-refractivity contribution < 1.29 is 17.9 Å². The molecule has 0 aliphatic carbocycles. The molecule has 1 N–H and O–H groups in total. The van der Waals surface area contributed by atoms with Gasteiger partial charge < -0.3 is 10.1 Å². The summed E-state index contributed by atoms with van der Waals surface area (Å²) in [7, 11) is -3.57. The number of fused-ring (bicyclic) bond motifs is 1. The number of hydrogen-bond acceptors (Lipinski definition) is 5. The number of rotatable bonds is 5. The zero-order valence-corrected chi connectivity index (χ0v) is 19.6. The highest BCUT2D eigenvalue weighted by atomic mass is 35.5. The second-order valence-corrected chi connectivity index (χ2v) is 10.7. The third-order valence-electron chi connectivity index (χ3n) is 4.86. The molecule has 1 atom stereocenters. The van der Waals surface area contributed by atoms with Gasteiger partial charge in [0.2, 0.25) is 10.0 Å². The summed E-state index contributed by atoms with van der Waals surface area (Å²) in [5.74, 6) is -0.0493. The van der Waals surface area contributed by atoms with E-state index in [1.165, 1.54) is 10.4 Å². The maximum absolute atomic E-state index is 13.1. The Morgan fingerprint density at radius 3 is 2.56 bits per heavy atom. The first-order valence-electron chi connectivity index (χ1n) is 9.88. The molecule has 166 valence electrons. The molecule has 1 aliphatic rings. The molecule has 1 heterocycles. The Balaban J connectivity index is 1.57. The third kappa shape index (κ3) is 5.20. The molecule has 1 amide bonds. The highest BCUT2D eigenvalue weighted by Crippen LogP contribution is 2.37. The van der Waals surface area contributed by atoms with Gasteiger partial charge in [-0.1, -0.05) is 53.7 Å². The van der Waals surface area contributed by atoms with Gasteiger partial charge >= 0.3 is 0 Å². The minimum atomic E-state index is -3.57. The first kappa shape index (κ1) is 22.5. The van der Waals surface area contributed by atoms with Gasteiger partial charge in [-0.15, -0.1) is 0 Å². The summed E-state index contributed by atoms with van der Waals surface area (Å²) in [5, 5.41) is 3.33. The van der Waals surface area contributed by atoms with Gasteiger partial charge in [0.25, 0.3) is 5.91 Å². The van der Waals surface area contributed by atoms with Gasteiger partial charge in [0.05, 0.1) is 17.6 Å². The molecule has 0 saturated heterocycles. The Bertz CT molecular complexity index is 1240. The van der Waals surface area contributed by atoms with E-state index in [2.05, 4.69) is 5.32 Å². The van der Waals surface area contributed by atoms with Crippen LogP contribution in [0.1, 0.15) is 6.42 Å². The number of ether oxygens (including phenoxy) is 1. The van der Waals surface area contributed by atoms with Crippen molar-refractivity contribution in [2.45, 2.75) is 22.3 Å². The molecule has 0 radical (unpaired) electrons. The van der Waals surface area contributed by atoms with Crippen molar-refractivity contribution in [2.75, 3.05) is 22.4 Å². The van der Waals surface area contributed by atoms with Crippen molar-refractivity contribution in [3.05, 3.63) is 77.8 Å². The molecule has 3 aromatic rings. The standard InChI is InChI=1S/C23H21ClN2O4S2/c1-32(28,29)26-14-13-21(30-20-12-11-16(24)15-19(20)26)23(27)25-18-9-5-6-10-22(18)31-17-7-3-2-4-8-17/h2-12,15,21H,13-14H2,1H3,(H,25,27). The molecule has 3 aromatic carbocycles. The quantitative estimate of drug-likeness (QED) is 0.544. The zero-order valence-electron chi connectivity index (χ0n) is 17.2. The van der Waals surface area contributed by atoms with E-state index in [0.717, 1.165) is 16.0 Å². The van der Waals surface area contributed by atoms with Gasteiger partial charge in [-0.05, 0) is 42.5 Å². The van der Waals surface area contributed by atoms with E-state index in [1.54, 1.807) is 23.9 Å². The Labute approximate surface area is 196 Å². The van der Waals surface area contributed by atoms with Crippen LogP contribution in [0.25, 0.3) is 0 Å². The van der Waals surface area contributed by atoms with Crippen molar-refractivity contribution in [1.82, 2.24) is 0 Å². The Kier molecular flexibility index (Phi) is 6.64. The molecule has 0 fully saturated rings. The second kappa shape index (κ2) is 9.44. The van der Waals surface area contributed by atoms with Crippen LogP contribution in [0.2, 0.25) is 5.02 Å². The highest BCUT2D eigenvalue weighted by Gasteiger charge is 2.31. The van der Waals surface area contributed by atoms with Gasteiger partial charge in [0, 0.05) is 27.8 Å². The van der Waals surface area contributed by atoms with Crippen molar-refractivity contribution >= 4 is 50.7 Å². The number of amides is 1. The normalized spacial score (nSPS) is 15.9. The monoisotopic (exact) mass is 488 g/mol. The summed E-state index contributed by atoms with van der Waals surface area (Å²) in [6, 6.07) is 22.1. The lowest BCUT2D eigenvalue weighted by molar-refractivity contribution is -0.122. The summed E-state index contributed by atoms with van der Waals surface area (Å²) in [4.78, 5) is 15.1. The average molecular weight is 489 g/mol. The van der Waals surface area contributed by atoms with E-state index in [9.17, 15) is 13.2 Å². The summed E-state index contributed by atoms with van der Waals surface area (Å²) in [6.45, 7) is 0.102. The van der Waals surface area contributed by atoms with E-state index < -0.39 is 16.1 Å². The molecular formula is C23H21ClN2O4S2. The van der Waals surface area contributed by atoms with E-state index >= 15 is 0 Å². The van der Waals surface area contributed by atoms with Gasteiger partial charge in [0.1, 0.15) is 5.75 Å². The van der Waals surface area contributed by atoms with E-state index in [4.69, 9.17) is 16.3 Å². The number of carbonyl (C=O) groups is 1. The molecule has 1 unspecified atom stereocenters. The summed E-state index contributed by atoms with van der Waals surface area (Å²) < 4.78 is 31.8. The van der Waals surface area contributed by atoms with Crippen molar-refractivity contribution in [3.8, 4) is 5.75 Å². The van der Waals surface area contributed by atoms with Crippen LogP contribution in [0, 0.1) is 0 Å². The Morgan fingerprint density at radius 2 is 1.81 bits per heavy atom. The van der Waals surface area contributed by atoms with Crippen LogP contribution in [-0.2, 0) is 14.8 Å². The molecule has 1 aliphatic heterocycles. The molecule has 6 nitrogen and oxygen atoms in total. The SMILES string of the molecule is CS(=O)(=O)N1CCC(C(=O)Nc2ccccc2Sc2ccccc2)Oc2ccc(Cl)cc21. The number of anilines is 2. The van der Waals surface area contributed by atoms with E-state index in [-0.39, 0.29) is 18.9 Å².